The highest BCUT2D eigenvalue weighted by atomic mass is 16.7. The summed E-state index contributed by atoms with van der Waals surface area (Å²) in [7, 11) is 1.32. The van der Waals surface area contributed by atoms with Crippen LogP contribution in [0, 0.1) is 16.7 Å². The lowest BCUT2D eigenvalue weighted by Crippen LogP contribution is -2.50. The number of cyclic esters (lactones) is 1. The van der Waals surface area contributed by atoms with E-state index in [9.17, 15) is 14.4 Å². The first kappa shape index (κ1) is 20.3. The number of methoxy groups -OCH3 is 1. The van der Waals surface area contributed by atoms with E-state index in [0.717, 1.165) is 16.7 Å². The number of rotatable bonds is 3. The minimum absolute atomic E-state index is 0.0647. The molecule has 1 spiro atoms. The van der Waals surface area contributed by atoms with Crippen LogP contribution in [-0.2, 0) is 33.3 Å². The number of ether oxygens (including phenoxy) is 4. The number of hydrogen-bond acceptors (Lipinski definition) is 8. The summed E-state index contributed by atoms with van der Waals surface area (Å²) in [5.41, 5.74) is 0.417. The van der Waals surface area contributed by atoms with Crippen molar-refractivity contribution in [2.45, 2.75) is 64.4 Å². The van der Waals surface area contributed by atoms with Crippen molar-refractivity contribution in [3.63, 3.8) is 0 Å². The normalized spacial score (nSPS) is 38.7. The first-order chi connectivity index (χ1) is 14.8. The van der Waals surface area contributed by atoms with E-state index < -0.39 is 41.3 Å². The number of fused-ring (bicyclic) bond motifs is 1. The predicted molar refractivity (Wildman–Crippen MR) is 104 cm³/mol. The van der Waals surface area contributed by atoms with Gasteiger partial charge in [-0.1, -0.05) is 6.92 Å². The topological polar surface area (TPSA) is 101 Å². The van der Waals surface area contributed by atoms with Gasteiger partial charge in [0.15, 0.2) is 5.41 Å². The molecule has 8 nitrogen and oxygen atoms in total. The number of esters is 3. The molecule has 0 N–H and O–H groups in total. The van der Waals surface area contributed by atoms with Gasteiger partial charge in [0.05, 0.1) is 31.2 Å². The number of furan rings is 1. The van der Waals surface area contributed by atoms with E-state index in [1.54, 1.807) is 18.6 Å². The monoisotopic (exact) mass is 430 g/mol. The van der Waals surface area contributed by atoms with Crippen molar-refractivity contribution < 1.29 is 37.7 Å². The van der Waals surface area contributed by atoms with Crippen molar-refractivity contribution in [1.82, 2.24) is 0 Å². The second-order valence-electron chi connectivity index (χ2n) is 9.04. The van der Waals surface area contributed by atoms with Gasteiger partial charge >= 0.3 is 17.9 Å². The third-order valence-corrected chi connectivity index (χ3v) is 7.62. The Hall–Kier alpha value is -2.61. The summed E-state index contributed by atoms with van der Waals surface area (Å²) in [4.78, 5) is 38.4. The van der Waals surface area contributed by atoms with Gasteiger partial charge in [-0.05, 0) is 48.8 Å². The Bertz CT molecular complexity index is 962. The number of carbonyl (C=O) groups excluding carboxylic acids is 3. The molecule has 2 saturated heterocycles. The lowest BCUT2D eigenvalue weighted by molar-refractivity contribution is -0.200. The van der Waals surface area contributed by atoms with Gasteiger partial charge in [-0.25, -0.2) is 0 Å². The zero-order valence-electron chi connectivity index (χ0n) is 17.8. The van der Waals surface area contributed by atoms with Gasteiger partial charge in [-0.15, -0.1) is 0 Å². The predicted octanol–water partition coefficient (Wildman–Crippen LogP) is 3.22. The van der Waals surface area contributed by atoms with Gasteiger partial charge < -0.3 is 23.4 Å². The van der Waals surface area contributed by atoms with Crippen LogP contribution in [0.3, 0.4) is 0 Å². The summed E-state index contributed by atoms with van der Waals surface area (Å²) in [5, 5.41) is 0. The molecular formula is C23H26O8. The van der Waals surface area contributed by atoms with Gasteiger partial charge in [0, 0.05) is 18.9 Å². The van der Waals surface area contributed by atoms with Crippen molar-refractivity contribution >= 4 is 17.9 Å². The molecule has 8 heteroatoms. The van der Waals surface area contributed by atoms with Gasteiger partial charge in [0.1, 0.15) is 6.10 Å². The Kier molecular flexibility index (Phi) is 4.55. The molecule has 2 aliphatic carbocycles. The van der Waals surface area contributed by atoms with Crippen LogP contribution in [0.5, 0.6) is 0 Å². The highest BCUT2D eigenvalue weighted by molar-refractivity contribution is 5.88. The number of hydrogen-bond donors (Lipinski definition) is 0. The Balaban J connectivity index is 1.67. The maximum absolute atomic E-state index is 13.4. The third kappa shape index (κ3) is 2.60. The van der Waals surface area contributed by atoms with Crippen LogP contribution in [0.2, 0.25) is 0 Å². The summed E-state index contributed by atoms with van der Waals surface area (Å²) in [5.74, 6) is -1.35. The summed E-state index contributed by atoms with van der Waals surface area (Å²) in [6, 6.07) is 1.81. The Morgan fingerprint density at radius 2 is 2.06 bits per heavy atom. The van der Waals surface area contributed by atoms with Crippen molar-refractivity contribution in [2.75, 3.05) is 7.11 Å². The van der Waals surface area contributed by atoms with E-state index in [4.69, 9.17) is 23.4 Å². The fraction of sp³-hybridized carbons (Fsp3) is 0.609. The van der Waals surface area contributed by atoms with E-state index in [2.05, 4.69) is 0 Å². The molecular weight excluding hydrogens is 404 g/mol. The average Bonchev–Trinajstić information content (AvgIpc) is 3.44. The maximum atomic E-state index is 13.4. The first-order valence-corrected chi connectivity index (χ1v) is 10.7. The first-order valence-electron chi connectivity index (χ1n) is 10.7. The fourth-order valence-corrected chi connectivity index (χ4v) is 6.31. The highest BCUT2D eigenvalue weighted by Gasteiger charge is 2.69. The van der Waals surface area contributed by atoms with Gasteiger partial charge in [-0.3, -0.25) is 14.4 Å². The molecule has 3 heterocycles. The smallest absolute Gasteiger partial charge is 0.322 e. The molecule has 0 saturated carbocycles. The standard InChI is InChI=1S/C23H26O8/c1-12-9-16-18-15(23(12)10-17(30-20(23)26)14-6-8-28-11-14)5-4-7-22(18,19(25)27-3)21(31-16)29-13(2)24/h6,8,11-12,16-17,21H,4-5,7,9-10H2,1-3H3. The number of carbonyl (C=O) groups is 3. The second-order valence-corrected chi connectivity index (χ2v) is 9.04. The summed E-state index contributed by atoms with van der Waals surface area (Å²) < 4.78 is 27.9. The lowest BCUT2D eigenvalue weighted by Gasteiger charge is -2.46. The molecule has 31 heavy (non-hydrogen) atoms. The molecule has 0 aromatic carbocycles. The van der Waals surface area contributed by atoms with E-state index in [0.29, 0.717) is 32.1 Å². The van der Waals surface area contributed by atoms with Crippen LogP contribution in [0.4, 0.5) is 0 Å². The Morgan fingerprint density at radius 3 is 2.74 bits per heavy atom. The second kappa shape index (κ2) is 6.95. The Labute approximate surface area is 179 Å². The van der Waals surface area contributed by atoms with Crippen molar-refractivity contribution in [2.24, 2.45) is 16.7 Å². The molecule has 1 aromatic heterocycles. The third-order valence-electron chi connectivity index (χ3n) is 7.62. The zero-order valence-corrected chi connectivity index (χ0v) is 17.8. The van der Waals surface area contributed by atoms with Crippen LogP contribution in [0.25, 0.3) is 0 Å². The van der Waals surface area contributed by atoms with Crippen LogP contribution in [0.15, 0.2) is 34.2 Å². The molecule has 2 aliphatic heterocycles. The van der Waals surface area contributed by atoms with Gasteiger partial charge in [-0.2, -0.15) is 0 Å². The molecule has 4 aliphatic rings. The van der Waals surface area contributed by atoms with Gasteiger partial charge in [0.25, 0.3) is 0 Å². The van der Waals surface area contributed by atoms with Crippen LogP contribution in [-0.4, -0.2) is 37.4 Å². The fourth-order valence-electron chi connectivity index (χ4n) is 6.31. The lowest BCUT2D eigenvalue weighted by atomic mass is 9.54. The Morgan fingerprint density at radius 1 is 1.26 bits per heavy atom. The quantitative estimate of drug-likeness (QED) is 0.409. The molecule has 6 atom stereocenters. The van der Waals surface area contributed by atoms with E-state index in [1.165, 1.54) is 14.0 Å². The van der Waals surface area contributed by atoms with Crippen LogP contribution < -0.4 is 0 Å². The van der Waals surface area contributed by atoms with Crippen molar-refractivity contribution in [1.29, 1.82) is 0 Å². The van der Waals surface area contributed by atoms with E-state index >= 15 is 0 Å². The van der Waals surface area contributed by atoms with E-state index in [-0.39, 0.29) is 11.9 Å². The molecule has 2 fully saturated rings. The molecule has 1 aromatic rings. The molecule has 166 valence electrons. The SMILES string of the molecule is COC(=O)C12CCCC3=C1C(CC(C)C31CC(c3ccoc3)OC1=O)OC2OC(C)=O. The molecule has 0 bridgehead atoms. The van der Waals surface area contributed by atoms with Crippen molar-refractivity contribution in [3.05, 3.63) is 35.3 Å². The summed E-state index contributed by atoms with van der Waals surface area (Å²) in [6.07, 6.45) is 4.07. The summed E-state index contributed by atoms with van der Waals surface area (Å²) >= 11 is 0. The van der Waals surface area contributed by atoms with E-state index in [1.807, 2.05) is 6.92 Å². The zero-order chi connectivity index (χ0) is 22.0. The van der Waals surface area contributed by atoms with Crippen LogP contribution >= 0.6 is 0 Å². The summed E-state index contributed by atoms with van der Waals surface area (Å²) in [6.45, 7) is 3.32. The molecule has 0 radical (unpaired) electrons. The van der Waals surface area contributed by atoms with Crippen LogP contribution in [0.1, 0.15) is 57.6 Å². The average molecular weight is 430 g/mol. The van der Waals surface area contributed by atoms with Gasteiger partial charge in [0.2, 0.25) is 6.29 Å². The molecule has 5 rings (SSSR count). The maximum Gasteiger partial charge on any atom is 0.322 e. The largest absolute Gasteiger partial charge is 0.472 e. The minimum atomic E-state index is -1.22. The minimum Gasteiger partial charge on any atom is -0.472 e. The van der Waals surface area contributed by atoms with Crippen molar-refractivity contribution in [3.8, 4) is 0 Å². The molecule has 6 unspecified atom stereocenters. The molecule has 0 amide bonds. The highest BCUT2D eigenvalue weighted by Crippen LogP contribution is 2.65.